The highest BCUT2D eigenvalue weighted by Crippen LogP contribution is 2.47. The molecule has 2 fully saturated rings. The minimum Gasteiger partial charge on any atom is -0.328 e. The minimum absolute atomic E-state index is 0.0244. The highest BCUT2D eigenvalue weighted by atomic mass is 16.2. The van der Waals surface area contributed by atoms with Crippen LogP contribution < -0.4 is 5.73 Å². The lowest BCUT2D eigenvalue weighted by atomic mass is 9.84. The Kier molecular flexibility index (Phi) is 3.81. The van der Waals surface area contributed by atoms with Crippen LogP contribution >= 0.6 is 0 Å². The summed E-state index contributed by atoms with van der Waals surface area (Å²) in [7, 11) is 0. The molecule has 0 aromatic heterocycles. The van der Waals surface area contributed by atoms with Crippen LogP contribution in [0.5, 0.6) is 0 Å². The first-order chi connectivity index (χ1) is 10.2. The first kappa shape index (κ1) is 14.3. The molecule has 4 heteroatoms. The summed E-state index contributed by atoms with van der Waals surface area (Å²) in [6, 6.07) is 9.70. The highest BCUT2D eigenvalue weighted by molar-refractivity contribution is 6.06. The van der Waals surface area contributed by atoms with E-state index in [0.717, 1.165) is 31.2 Å². The number of hydrogen-bond acceptors (Lipinski definition) is 3. The van der Waals surface area contributed by atoms with Gasteiger partial charge in [0.25, 0.3) is 0 Å². The van der Waals surface area contributed by atoms with Gasteiger partial charge in [0.2, 0.25) is 11.8 Å². The molecule has 0 bridgehead atoms. The quantitative estimate of drug-likeness (QED) is 0.860. The van der Waals surface area contributed by atoms with Crippen molar-refractivity contribution in [1.29, 1.82) is 0 Å². The number of carbonyl (C=O) groups excluding carboxylic acids is 2. The van der Waals surface area contributed by atoms with Crippen LogP contribution in [0, 0.1) is 5.41 Å². The number of amides is 2. The Labute approximate surface area is 125 Å². The third kappa shape index (κ3) is 2.48. The molecule has 1 atom stereocenters. The SMILES string of the molecule is NCC(Cc1ccccc1)N1C(=O)CC2(CCCC2)C1=O. The molecule has 1 aromatic carbocycles. The maximum Gasteiger partial charge on any atom is 0.236 e. The molecule has 1 spiro atoms. The van der Waals surface area contributed by atoms with Crippen molar-refractivity contribution >= 4 is 11.8 Å². The van der Waals surface area contributed by atoms with E-state index in [-0.39, 0.29) is 17.9 Å². The van der Waals surface area contributed by atoms with Crippen LogP contribution in [0.1, 0.15) is 37.7 Å². The van der Waals surface area contributed by atoms with Gasteiger partial charge in [-0.1, -0.05) is 43.2 Å². The molecule has 1 unspecified atom stereocenters. The van der Waals surface area contributed by atoms with E-state index in [1.54, 1.807) is 0 Å². The number of likely N-dealkylation sites (tertiary alicyclic amines) is 1. The van der Waals surface area contributed by atoms with Gasteiger partial charge in [-0.2, -0.15) is 0 Å². The van der Waals surface area contributed by atoms with Crippen LogP contribution in [0.25, 0.3) is 0 Å². The van der Waals surface area contributed by atoms with Crippen molar-refractivity contribution in [3.63, 3.8) is 0 Å². The molecule has 2 aliphatic rings. The van der Waals surface area contributed by atoms with Gasteiger partial charge < -0.3 is 5.73 Å². The lowest BCUT2D eigenvalue weighted by Gasteiger charge is -2.27. The zero-order valence-corrected chi connectivity index (χ0v) is 12.3. The Bertz CT molecular complexity index is 535. The Morgan fingerprint density at radius 3 is 2.43 bits per heavy atom. The molecule has 2 amide bonds. The fourth-order valence-electron chi connectivity index (χ4n) is 3.80. The summed E-state index contributed by atoms with van der Waals surface area (Å²) in [6.45, 7) is 0.322. The van der Waals surface area contributed by atoms with Crippen LogP contribution in [-0.2, 0) is 16.0 Å². The summed E-state index contributed by atoms with van der Waals surface area (Å²) in [6.07, 6.45) is 4.85. The van der Waals surface area contributed by atoms with Crippen LogP contribution in [-0.4, -0.2) is 29.3 Å². The summed E-state index contributed by atoms with van der Waals surface area (Å²) in [5.41, 5.74) is 6.58. The molecule has 1 aromatic rings. The summed E-state index contributed by atoms with van der Waals surface area (Å²) in [4.78, 5) is 26.6. The maximum absolute atomic E-state index is 12.8. The predicted octanol–water partition coefficient (Wildman–Crippen LogP) is 1.88. The largest absolute Gasteiger partial charge is 0.328 e. The zero-order valence-electron chi connectivity index (χ0n) is 12.3. The van der Waals surface area contributed by atoms with Gasteiger partial charge >= 0.3 is 0 Å². The van der Waals surface area contributed by atoms with E-state index in [0.29, 0.717) is 19.4 Å². The molecule has 1 heterocycles. The summed E-state index contributed by atoms with van der Waals surface area (Å²) >= 11 is 0. The molecular formula is C17H22N2O2. The third-order valence-corrected chi connectivity index (χ3v) is 4.94. The highest BCUT2D eigenvalue weighted by Gasteiger charge is 2.53. The number of carbonyl (C=O) groups is 2. The van der Waals surface area contributed by atoms with E-state index >= 15 is 0 Å². The predicted molar refractivity (Wildman–Crippen MR) is 80.4 cm³/mol. The Balaban J connectivity index is 1.80. The second-order valence-electron chi connectivity index (χ2n) is 6.31. The van der Waals surface area contributed by atoms with Crippen molar-refractivity contribution in [2.24, 2.45) is 11.1 Å². The number of nitrogens with zero attached hydrogens (tertiary/aromatic N) is 1. The average molecular weight is 286 g/mol. The number of benzene rings is 1. The van der Waals surface area contributed by atoms with Crippen molar-refractivity contribution in [2.45, 2.75) is 44.6 Å². The van der Waals surface area contributed by atoms with Gasteiger partial charge in [-0.15, -0.1) is 0 Å². The maximum atomic E-state index is 12.8. The molecule has 2 N–H and O–H groups in total. The van der Waals surface area contributed by atoms with Gasteiger partial charge in [0.05, 0.1) is 11.5 Å². The molecule has 1 saturated heterocycles. The van der Waals surface area contributed by atoms with Crippen molar-refractivity contribution in [1.82, 2.24) is 4.90 Å². The molecule has 1 aliphatic heterocycles. The number of nitrogens with two attached hydrogens (primary N) is 1. The van der Waals surface area contributed by atoms with E-state index in [4.69, 9.17) is 5.73 Å². The topological polar surface area (TPSA) is 63.4 Å². The van der Waals surface area contributed by atoms with Crippen molar-refractivity contribution in [3.05, 3.63) is 35.9 Å². The van der Waals surface area contributed by atoms with Crippen LogP contribution in [0.15, 0.2) is 30.3 Å². The molecule has 3 rings (SSSR count). The van der Waals surface area contributed by atoms with Gasteiger partial charge in [0.15, 0.2) is 0 Å². The lowest BCUT2D eigenvalue weighted by molar-refractivity contribution is -0.143. The van der Waals surface area contributed by atoms with E-state index in [9.17, 15) is 9.59 Å². The van der Waals surface area contributed by atoms with Crippen LogP contribution in [0.4, 0.5) is 0 Å². The second kappa shape index (κ2) is 5.60. The number of rotatable bonds is 4. The normalized spacial score (nSPS) is 22.2. The van der Waals surface area contributed by atoms with E-state index in [1.807, 2.05) is 30.3 Å². The minimum atomic E-state index is -0.402. The van der Waals surface area contributed by atoms with Gasteiger partial charge in [-0.05, 0) is 24.8 Å². The summed E-state index contributed by atoms with van der Waals surface area (Å²) in [5, 5.41) is 0. The van der Waals surface area contributed by atoms with E-state index in [2.05, 4.69) is 0 Å². The lowest BCUT2D eigenvalue weighted by Crippen LogP contribution is -2.47. The fourth-order valence-corrected chi connectivity index (χ4v) is 3.80. The molecule has 21 heavy (non-hydrogen) atoms. The number of imide groups is 1. The summed E-state index contributed by atoms with van der Waals surface area (Å²) < 4.78 is 0. The smallest absolute Gasteiger partial charge is 0.236 e. The van der Waals surface area contributed by atoms with E-state index < -0.39 is 5.41 Å². The Morgan fingerprint density at radius 2 is 1.81 bits per heavy atom. The van der Waals surface area contributed by atoms with Crippen LogP contribution in [0.2, 0.25) is 0 Å². The molecular weight excluding hydrogens is 264 g/mol. The average Bonchev–Trinajstić information content (AvgIpc) is 3.05. The number of hydrogen-bond donors (Lipinski definition) is 1. The van der Waals surface area contributed by atoms with Crippen molar-refractivity contribution < 1.29 is 9.59 Å². The van der Waals surface area contributed by atoms with Crippen LogP contribution in [0.3, 0.4) is 0 Å². The molecule has 0 radical (unpaired) electrons. The fraction of sp³-hybridized carbons (Fsp3) is 0.529. The first-order valence-corrected chi connectivity index (χ1v) is 7.77. The van der Waals surface area contributed by atoms with Crippen molar-refractivity contribution in [3.8, 4) is 0 Å². The van der Waals surface area contributed by atoms with E-state index in [1.165, 1.54) is 4.90 Å². The standard InChI is InChI=1S/C17H22N2O2/c18-12-14(10-13-6-2-1-3-7-13)19-15(20)11-17(16(19)21)8-4-5-9-17/h1-3,6-7,14H,4-5,8-12,18H2. The summed E-state index contributed by atoms with van der Waals surface area (Å²) in [5.74, 6) is -0.00957. The Morgan fingerprint density at radius 1 is 1.14 bits per heavy atom. The molecule has 112 valence electrons. The monoisotopic (exact) mass is 286 g/mol. The van der Waals surface area contributed by atoms with Crippen molar-refractivity contribution in [2.75, 3.05) is 6.54 Å². The second-order valence-corrected chi connectivity index (χ2v) is 6.31. The Hall–Kier alpha value is -1.68. The van der Waals surface area contributed by atoms with Gasteiger partial charge in [-0.3, -0.25) is 14.5 Å². The first-order valence-electron chi connectivity index (χ1n) is 7.77. The molecule has 1 aliphatic carbocycles. The zero-order chi connectivity index (χ0) is 14.9. The molecule has 1 saturated carbocycles. The third-order valence-electron chi connectivity index (χ3n) is 4.94. The van der Waals surface area contributed by atoms with Gasteiger partial charge in [0.1, 0.15) is 0 Å². The molecule has 4 nitrogen and oxygen atoms in total. The van der Waals surface area contributed by atoms with Gasteiger partial charge in [0, 0.05) is 13.0 Å². The van der Waals surface area contributed by atoms with Gasteiger partial charge in [-0.25, -0.2) is 0 Å².